The van der Waals surface area contributed by atoms with Gasteiger partial charge in [-0.3, -0.25) is 4.90 Å². The molecule has 0 radical (unpaired) electrons. The fraction of sp³-hybridized carbons (Fsp3) is 0.846. The van der Waals surface area contributed by atoms with Gasteiger partial charge in [-0.05, 0) is 45.3 Å². The van der Waals surface area contributed by atoms with Gasteiger partial charge in [-0.1, -0.05) is 19.3 Å². The van der Waals surface area contributed by atoms with Crippen molar-refractivity contribution in [2.75, 3.05) is 26.2 Å². The lowest BCUT2D eigenvalue weighted by molar-refractivity contribution is 0.314. The molecule has 15 heavy (non-hydrogen) atoms. The predicted molar refractivity (Wildman–Crippen MR) is 65.8 cm³/mol. The van der Waals surface area contributed by atoms with E-state index in [1.54, 1.807) is 0 Å². The molecular formula is C13H24N2. The molecule has 2 heteroatoms. The third-order valence-electron chi connectivity index (χ3n) is 2.92. The van der Waals surface area contributed by atoms with Crippen LogP contribution < -0.4 is 5.32 Å². The van der Waals surface area contributed by atoms with Crippen LogP contribution in [0.2, 0.25) is 0 Å². The molecule has 0 aliphatic heterocycles. The van der Waals surface area contributed by atoms with Gasteiger partial charge in [0.25, 0.3) is 0 Å². The van der Waals surface area contributed by atoms with Crippen LogP contribution in [-0.4, -0.2) is 37.1 Å². The first-order valence-electron chi connectivity index (χ1n) is 6.26. The molecule has 0 unspecified atom stereocenters. The Labute approximate surface area is 94.4 Å². The molecule has 0 heterocycles. The van der Waals surface area contributed by atoms with Crippen molar-refractivity contribution in [1.29, 1.82) is 0 Å². The molecular weight excluding hydrogens is 184 g/mol. The van der Waals surface area contributed by atoms with Crippen molar-refractivity contribution in [3.05, 3.63) is 0 Å². The van der Waals surface area contributed by atoms with Crippen molar-refractivity contribution in [3.63, 3.8) is 0 Å². The number of hydrogen-bond donors (Lipinski definition) is 1. The van der Waals surface area contributed by atoms with Crippen molar-refractivity contribution in [3.8, 4) is 12.3 Å². The highest BCUT2D eigenvalue weighted by Gasteiger charge is 2.19. The summed E-state index contributed by atoms with van der Waals surface area (Å²) in [6.07, 6.45) is 12.0. The Bertz CT molecular complexity index is 191. The highest BCUT2D eigenvalue weighted by atomic mass is 15.1. The van der Waals surface area contributed by atoms with Gasteiger partial charge >= 0.3 is 0 Å². The Morgan fingerprint density at radius 3 is 2.73 bits per heavy atom. The fourth-order valence-electron chi connectivity index (χ4n) is 1.71. The van der Waals surface area contributed by atoms with Gasteiger partial charge in [-0.2, -0.15) is 0 Å². The lowest BCUT2D eigenvalue weighted by Gasteiger charge is -2.16. The van der Waals surface area contributed by atoms with Crippen LogP contribution >= 0.6 is 0 Å². The molecule has 1 aliphatic carbocycles. The van der Waals surface area contributed by atoms with Crippen LogP contribution in [0.1, 0.15) is 39.0 Å². The Morgan fingerprint density at radius 2 is 2.13 bits per heavy atom. The molecule has 1 aliphatic rings. The van der Waals surface area contributed by atoms with Gasteiger partial charge in [0.15, 0.2) is 0 Å². The third-order valence-corrected chi connectivity index (χ3v) is 2.92. The highest BCUT2D eigenvalue weighted by molar-refractivity contribution is 4.87. The van der Waals surface area contributed by atoms with Crippen molar-refractivity contribution in [1.82, 2.24) is 10.2 Å². The molecule has 1 rings (SSSR count). The number of nitrogens with zero attached hydrogens (tertiary/aromatic N) is 1. The number of nitrogens with one attached hydrogen (secondary N) is 1. The number of terminal acetylenes is 1. The molecule has 1 saturated carbocycles. The second-order valence-electron chi connectivity index (χ2n) is 4.36. The fourth-order valence-corrected chi connectivity index (χ4v) is 1.71. The van der Waals surface area contributed by atoms with E-state index >= 15 is 0 Å². The van der Waals surface area contributed by atoms with Crippen LogP contribution in [0.4, 0.5) is 0 Å². The number of rotatable bonds is 9. The first-order valence-corrected chi connectivity index (χ1v) is 6.26. The molecule has 0 spiro atoms. The van der Waals surface area contributed by atoms with Crippen LogP contribution in [0.15, 0.2) is 0 Å². The van der Waals surface area contributed by atoms with E-state index in [0.29, 0.717) is 0 Å². The zero-order valence-electron chi connectivity index (χ0n) is 9.97. The van der Waals surface area contributed by atoms with Gasteiger partial charge in [-0.25, -0.2) is 0 Å². The monoisotopic (exact) mass is 208 g/mol. The Morgan fingerprint density at radius 1 is 1.33 bits per heavy atom. The minimum absolute atomic E-state index is 0.802. The summed E-state index contributed by atoms with van der Waals surface area (Å²) in [4.78, 5) is 2.33. The van der Waals surface area contributed by atoms with E-state index in [-0.39, 0.29) is 0 Å². The van der Waals surface area contributed by atoms with E-state index < -0.39 is 0 Å². The Kier molecular flexibility index (Phi) is 6.47. The largest absolute Gasteiger partial charge is 0.314 e. The molecule has 0 aromatic carbocycles. The van der Waals surface area contributed by atoms with E-state index in [2.05, 4.69) is 23.1 Å². The standard InChI is InChI=1S/C13H24N2/c1-3-11-15(4-2)12-7-5-6-10-14-13-8-9-13/h1,13-14H,4-12H2,2H3. The Balaban J connectivity index is 1.83. The Hall–Kier alpha value is -0.520. The van der Waals surface area contributed by atoms with Gasteiger partial charge in [0, 0.05) is 6.04 Å². The quantitative estimate of drug-likeness (QED) is 0.459. The van der Waals surface area contributed by atoms with E-state index in [1.165, 1.54) is 38.6 Å². The third kappa shape index (κ3) is 6.54. The maximum atomic E-state index is 5.30. The molecule has 0 bridgehead atoms. The van der Waals surface area contributed by atoms with Gasteiger partial charge in [0.1, 0.15) is 0 Å². The predicted octanol–water partition coefficient (Wildman–Crippen LogP) is 1.86. The van der Waals surface area contributed by atoms with Crippen molar-refractivity contribution >= 4 is 0 Å². The van der Waals surface area contributed by atoms with E-state index in [4.69, 9.17) is 6.42 Å². The lowest BCUT2D eigenvalue weighted by atomic mass is 10.2. The summed E-state index contributed by atoms with van der Waals surface area (Å²) >= 11 is 0. The zero-order valence-corrected chi connectivity index (χ0v) is 9.97. The molecule has 0 amide bonds. The molecule has 1 fully saturated rings. The minimum Gasteiger partial charge on any atom is -0.314 e. The van der Waals surface area contributed by atoms with Crippen molar-refractivity contribution < 1.29 is 0 Å². The SMILES string of the molecule is C#CCN(CC)CCCCCNC1CC1. The normalized spacial score (nSPS) is 15.5. The summed E-state index contributed by atoms with van der Waals surface area (Å²) in [6.45, 7) is 6.41. The van der Waals surface area contributed by atoms with E-state index in [9.17, 15) is 0 Å². The minimum atomic E-state index is 0.802. The maximum absolute atomic E-state index is 5.30. The summed E-state index contributed by atoms with van der Waals surface area (Å²) in [7, 11) is 0. The summed E-state index contributed by atoms with van der Waals surface area (Å²) in [5.74, 6) is 2.71. The van der Waals surface area contributed by atoms with Crippen LogP contribution in [0.25, 0.3) is 0 Å². The zero-order chi connectivity index (χ0) is 10.9. The summed E-state index contributed by atoms with van der Waals surface area (Å²) < 4.78 is 0. The highest BCUT2D eigenvalue weighted by Crippen LogP contribution is 2.18. The van der Waals surface area contributed by atoms with Crippen molar-refractivity contribution in [2.24, 2.45) is 0 Å². The molecule has 86 valence electrons. The molecule has 1 N–H and O–H groups in total. The van der Waals surface area contributed by atoms with Crippen LogP contribution in [0.5, 0.6) is 0 Å². The van der Waals surface area contributed by atoms with Gasteiger partial charge in [0.05, 0.1) is 6.54 Å². The van der Waals surface area contributed by atoms with E-state index in [1.807, 2.05) is 0 Å². The topological polar surface area (TPSA) is 15.3 Å². The average molecular weight is 208 g/mol. The lowest BCUT2D eigenvalue weighted by Crippen LogP contribution is -2.25. The average Bonchev–Trinajstić information content (AvgIpc) is 3.05. The summed E-state index contributed by atoms with van der Waals surface area (Å²) in [5, 5.41) is 3.54. The second kappa shape index (κ2) is 7.73. The summed E-state index contributed by atoms with van der Waals surface area (Å²) in [5.41, 5.74) is 0. The van der Waals surface area contributed by atoms with Gasteiger partial charge in [-0.15, -0.1) is 6.42 Å². The molecule has 0 saturated heterocycles. The molecule has 2 nitrogen and oxygen atoms in total. The maximum Gasteiger partial charge on any atom is 0.0598 e. The van der Waals surface area contributed by atoms with Gasteiger partial charge < -0.3 is 5.32 Å². The smallest absolute Gasteiger partial charge is 0.0598 e. The number of hydrogen-bond acceptors (Lipinski definition) is 2. The number of unbranched alkanes of at least 4 members (excludes halogenated alkanes) is 2. The second-order valence-corrected chi connectivity index (χ2v) is 4.36. The molecule has 0 atom stereocenters. The van der Waals surface area contributed by atoms with E-state index in [0.717, 1.165) is 25.7 Å². The van der Waals surface area contributed by atoms with Crippen molar-refractivity contribution in [2.45, 2.75) is 45.1 Å². The molecule has 0 aromatic heterocycles. The first kappa shape index (κ1) is 12.5. The van der Waals surface area contributed by atoms with Crippen LogP contribution in [0, 0.1) is 12.3 Å². The molecule has 0 aromatic rings. The van der Waals surface area contributed by atoms with Crippen LogP contribution in [-0.2, 0) is 0 Å². The first-order chi connectivity index (χ1) is 7.36. The summed E-state index contributed by atoms with van der Waals surface area (Å²) in [6, 6.07) is 0.860. The van der Waals surface area contributed by atoms with Crippen LogP contribution in [0.3, 0.4) is 0 Å². The van der Waals surface area contributed by atoms with Gasteiger partial charge in [0.2, 0.25) is 0 Å².